The monoisotopic (exact) mass is 233 g/mol. The molecule has 3 nitrogen and oxygen atoms in total. The zero-order valence-corrected chi connectivity index (χ0v) is 9.37. The van der Waals surface area contributed by atoms with Gasteiger partial charge in [-0.3, -0.25) is 4.79 Å². The van der Waals surface area contributed by atoms with Gasteiger partial charge in [0.15, 0.2) is 0 Å². The summed E-state index contributed by atoms with van der Waals surface area (Å²) < 4.78 is 17.8. The predicted molar refractivity (Wildman–Crippen MR) is 63.2 cm³/mol. The van der Waals surface area contributed by atoms with Gasteiger partial charge in [0.1, 0.15) is 12.5 Å². The smallest absolute Gasteiger partial charge is 0.253 e. The van der Waals surface area contributed by atoms with E-state index in [1.807, 2.05) is 0 Å². The Morgan fingerprint density at radius 1 is 1.35 bits per heavy atom. The van der Waals surface area contributed by atoms with Crippen molar-refractivity contribution in [3.8, 4) is 0 Å². The molecule has 1 N–H and O–H groups in total. The molecule has 2 rings (SSSR count). The summed E-state index contributed by atoms with van der Waals surface area (Å²) in [6.45, 7) is 0.149. The minimum Gasteiger partial charge on any atom is -0.364 e. The number of ether oxygens (including phenoxy) is 1. The summed E-state index contributed by atoms with van der Waals surface area (Å²) in [4.78, 5) is 11.8. The third kappa shape index (κ3) is 2.42. The van der Waals surface area contributed by atoms with E-state index in [4.69, 9.17) is 4.74 Å². The maximum absolute atomic E-state index is 13.1. The van der Waals surface area contributed by atoms with Crippen molar-refractivity contribution < 1.29 is 13.9 Å². The number of halogens is 1. The maximum Gasteiger partial charge on any atom is 0.253 e. The largest absolute Gasteiger partial charge is 0.364 e. The van der Waals surface area contributed by atoms with Crippen LogP contribution in [0.2, 0.25) is 0 Å². The Hall–Kier alpha value is -1.94. The molecule has 17 heavy (non-hydrogen) atoms. The van der Waals surface area contributed by atoms with Crippen LogP contribution in [0, 0.1) is 5.82 Å². The fourth-order valence-corrected chi connectivity index (χ4v) is 1.69. The van der Waals surface area contributed by atoms with Crippen molar-refractivity contribution in [3.63, 3.8) is 0 Å². The zero-order valence-electron chi connectivity index (χ0n) is 9.37. The molecule has 0 aromatic heterocycles. The molecular weight excluding hydrogens is 221 g/mol. The molecule has 0 saturated carbocycles. The van der Waals surface area contributed by atoms with E-state index in [0.717, 1.165) is 5.39 Å². The Labute approximate surface area is 98.2 Å². The molecule has 0 aliphatic carbocycles. The molecule has 1 amide bonds. The van der Waals surface area contributed by atoms with Gasteiger partial charge in [0.25, 0.3) is 5.91 Å². The Morgan fingerprint density at radius 3 is 2.94 bits per heavy atom. The molecule has 88 valence electrons. The zero-order chi connectivity index (χ0) is 12.3. The van der Waals surface area contributed by atoms with Crippen LogP contribution in [-0.2, 0) is 4.74 Å². The lowest BCUT2D eigenvalue weighted by Gasteiger charge is -2.07. The highest BCUT2D eigenvalue weighted by atomic mass is 19.1. The van der Waals surface area contributed by atoms with Crippen LogP contribution in [0.25, 0.3) is 10.8 Å². The fraction of sp³-hybridized carbons (Fsp3) is 0.154. The van der Waals surface area contributed by atoms with Gasteiger partial charge in [-0.1, -0.05) is 18.2 Å². The molecule has 2 aromatic rings. The van der Waals surface area contributed by atoms with E-state index >= 15 is 0 Å². The Morgan fingerprint density at radius 2 is 2.18 bits per heavy atom. The number of benzene rings is 2. The van der Waals surface area contributed by atoms with Gasteiger partial charge in [-0.2, -0.15) is 0 Å². The molecule has 4 heteroatoms. The number of carbonyl (C=O) groups is 1. The fourth-order valence-electron chi connectivity index (χ4n) is 1.69. The number of amides is 1. The molecule has 0 unspecified atom stereocenters. The van der Waals surface area contributed by atoms with Gasteiger partial charge in [-0.05, 0) is 29.0 Å². The molecule has 2 aromatic carbocycles. The first-order valence-corrected chi connectivity index (χ1v) is 5.18. The number of methoxy groups -OCH3 is 1. The second-order valence-corrected chi connectivity index (χ2v) is 3.61. The van der Waals surface area contributed by atoms with E-state index in [2.05, 4.69) is 5.32 Å². The first-order chi connectivity index (χ1) is 8.22. The van der Waals surface area contributed by atoms with Gasteiger partial charge in [0.2, 0.25) is 0 Å². The number of fused-ring (bicyclic) bond motifs is 1. The van der Waals surface area contributed by atoms with Crippen LogP contribution < -0.4 is 5.32 Å². The number of hydrogen-bond donors (Lipinski definition) is 1. The van der Waals surface area contributed by atoms with Crippen molar-refractivity contribution in [3.05, 3.63) is 47.8 Å². The van der Waals surface area contributed by atoms with Crippen LogP contribution in [0.5, 0.6) is 0 Å². The predicted octanol–water partition coefficient (Wildman–Crippen LogP) is 2.31. The van der Waals surface area contributed by atoms with Gasteiger partial charge in [0.05, 0.1) is 0 Å². The quantitative estimate of drug-likeness (QED) is 0.826. The van der Waals surface area contributed by atoms with Gasteiger partial charge in [0, 0.05) is 12.7 Å². The van der Waals surface area contributed by atoms with E-state index < -0.39 is 0 Å². The van der Waals surface area contributed by atoms with Gasteiger partial charge in [-0.25, -0.2) is 4.39 Å². The Balaban J connectivity index is 2.43. The lowest BCUT2D eigenvalue weighted by molar-refractivity contribution is 0.0874. The maximum atomic E-state index is 13.1. The number of carbonyl (C=O) groups excluding carboxylic acids is 1. The minimum atomic E-state index is -0.313. The summed E-state index contributed by atoms with van der Waals surface area (Å²) in [5.74, 6) is -0.545. The topological polar surface area (TPSA) is 38.3 Å². The Kier molecular flexibility index (Phi) is 3.35. The molecule has 0 fully saturated rings. The highest BCUT2D eigenvalue weighted by Gasteiger charge is 2.09. The summed E-state index contributed by atoms with van der Waals surface area (Å²) >= 11 is 0. The number of nitrogens with one attached hydrogen (secondary N) is 1. The van der Waals surface area contributed by atoms with E-state index in [1.54, 1.807) is 24.3 Å². The van der Waals surface area contributed by atoms with Crippen LogP contribution in [0.1, 0.15) is 10.4 Å². The van der Waals surface area contributed by atoms with Gasteiger partial charge >= 0.3 is 0 Å². The summed E-state index contributed by atoms with van der Waals surface area (Å²) in [5, 5.41) is 4.03. The second kappa shape index (κ2) is 4.93. The van der Waals surface area contributed by atoms with Gasteiger partial charge < -0.3 is 10.1 Å². The van der Waals surface area contributed by atoms with Crippen LogP contribution in [0.3, 0.4) is 0 Å². The SMILES string of the molecule is COCNC(=O)c1cccc2cc(F)ccc12. The van der Waals surface area contributed by atoms with Crippen molar-refractivity contribution >= 4 is 16.7 Å². The van der Waals surface area contributed by atoms with E-state index in [-0.39, 0.29) is 18.5 Å². The van der Waals surface area contributed by atoms with E-state index in [0.29, 0.717) is 10.9 Å². The molecule has 0 saturated heterocycles. The lowest BCUT2D eigenvalue weighted by atomic mass is 10.0. The Bertz CT molecular complexity index is 554. The second-order valence-electron chi connectivity index (χ2n) is 3.61. The van der Waals surface area contributed by atoms with E-state index in [9.17, 15) is 9.18 Å². The highest BCUT2D eigenvalue weighted by Crippen LogP contribution is 2.19. The number of hydrogen-bond acceptors (Lipinski definition) is 2. The third-order valence-electron chi connectivity index (χ3n) is 2.46. The van der Waals surface area contributed by atoms with Crippen LogP contribution in [0.15, 0.2) is 36.4 Å². The molecule has 0 spiro atoms. The van der Waals surface area contributed by atoms with Gasteiger partial charge in [-0.15, -0.1) is 0 Å². The molecule has 0 aliphatic heterocycles. The van der Waals surface area contributed by atoms with E-state index in [1.165, 1.54) is 19.2 Å². The van der Waals surface area contributed by atoms with Crippen LogP contribution >= 0.6 is 0 Å². The standard InChI is InChI=1S/C13H12FNO2/c1-17-8-15-13(16)12-4-2-3-9-7-10(14)5-6-11(9)12/h2-7H,8H2,1H3,(H,15,16). The molecule has 0 radical (unpaired) electrons. The molecule has 0 bridgehead atoms. The summed E-state index contributed by atoms with van der Waals surface area (Å²) in [7, 11) is 1.50. The van der Waals surface area contributed by atoms with Crippen molar-refractivity contribution in [1.82, 2.24) is 5.32 Å². The first-order valence-electron chi connectivity index (χ1n) is 5.18. The molecular formula is C13H12FNO2. The summed E-state index contributed by atoms with van der Waals surface area (Å²) in [6.07, 6.45) is 0. The lowest BCUT2D eigenvalue weighted by Crippen LogP contribution is -2.25. The number of rotatable bonds is 3. The molecule has 0 atom stereocenters. The summed E-state index contributed by atoms with van der Waals surface area (Å²) in [6, 6.07) is 9.55. The average Bonchev–Trinajstić information content (AvgIpc) is 2.34. The van der Waals surface area contributed by atoms with Crippen LogP contribution in [-0.4, -0.2) is 19.7 Å². The molecule has 0 heterocycles. The average molecular weight is 233 g/mol. The summed E-state index contributed by atoms with van der Waals surface area (Å²) in [5.41, 5.74) is 0.513. The van der Waals surface area contributed by atoms with Crippen molar-refractivity contribution in [2.24, 2.45) is 0 Å². The first kappa shape index (κ1) is 11.5. The van der Waals surface area contributed by atoms with Crippen molar-refractivity contribution in [2.75, 3.05) is 13.8 Å². The minimum absolute atomic E-state index is 0.149. The normalized spacial score (nSPS) is 10.5. The van der Waals surface area contributed by atoms with Crippen LogP contribution in [0.4, 0.5) is 4.39 Å². The third-order valence-corrected chi connectivity index (χ3v) is 2.46. The van der Waals surface area contributed by atoms with Crippen molar-refractivity contribution in [1.29, 1.82) is 0 Å². The molecule has 0 aliphatic rings. The highest BCUT2D eigenvalue weighted by molar-refractivity contribution is 6.06. The van der Waals surface area contributed by atoms with Crippen molar-refractivity contribution in [2.45, 2.75) is 0 Å².